The Morgan fingerprint density at radius 3 is 2.59 bits per heavy atom. The molecule has 0 bridgehead atoms. The number of thioether (sulfide) groups is 1. The summed E-state index contributed by atoms with van der Waals surface area (Å²) in [6, 6.07) is 17.1. The van der Waals surface area contributed by atoms with E-state index in [1.807, 2.05) is 54.6 Å². The number of ether oxygens (including phenoxy) is 1. The number of oxazole rings is 1. The molecule has 0 spiro atoms. The van der Waals surface area contributed by atoms with Crippen molar-refractivity contribution in [3.8, 4) is 0 Å². The van der Waals surface area contributed by atoms with Gasteiger partial charge in [-0.15, -0.1) is 0 Å². The first-order valence-corrected chi connectivity index (χ1v) is 10.6. The largest absolute Gasteiger partial charge is 0.452 e. The van der Waals surface area contributed by atoms with Gasteiger partial charge in [0, 0.05) is 0 Å². The van der Waals surface area contributed by atoms with Gasteiger partial charge in [-0.05, 0) is 31.0 Å². The zero-order valence-electron chi connectivity index (χ0n) is 16.5. The summed E-state index contributed by atoms with van der Waals surface area (Å²) in [7, 11) is 0. The lowest BCUT2D eigenvalue weighted by Crippen LogP contribution is -2.38. The molecule has 3 aromatic rings. The van der Waals surface area contributed by atoms with Crippen molar-refractivity contribution in [2.45, 2.75) is 44.1 Å². The molecular formula is C22H24N2O4S. The van der Waals surface area contributed by atoms with Crippen molar-refractivity contribution >= 4 is 34.7 Å². The first-order chi connectivity index (χ1) is 14.1. The number of fused-ring (bicyclic) bond motifs is 1. The SMILES string of the molecule is CCC[C@@H](NC(=O)[C@@H](C)OC(=O)CSc1nc2ccccc2o1)c1ccccc1. The van der Waals surface area contributed by atoms with E-state index in [0.29, 0.717) is 10.8 Å². The quantitative estimate of drug-likeness (QED) is 0.411. The lowest BCUT2D eigenvalue weighted by Gasteiger charge is -2.21. The molecule has 1 N–H and O–H groups in total. The summed E-state index contributed by atoms with van der Waals surface area (Å²) in [6.07, 6.45) is 0.855. The average molecular weight is 413 g/mol. The van der Waals surface area contributed by atoms with Gasteiger partial charge in [0.2, 0.25) is 0 Å². The number of carbonyl (C=O) groups excluding carboxylic acids is 2. The molecular weight excluding hydrogens is 388 g/mol. The zero-order chi connectivity index (χ0) is 20.6. The predicted molar refractivity (Wildman–Crippen MR) is 113 cm³/mol. The fraction of sp³-hybridized carbons (Fsp3) is 0.318. The molecule has 0 radical (unpaired) electrons. The van der Waals surface area contributed by atoms with E-state index in [0.717, 1.165) is 35.7 Å². The Hall–Kier alpha value is -2.80. The van der Waals surface area contributed by atoms with E-state index < -0.39 is 12.1 Å². The summed E-state index contributed by atoms with van der Waals surface area (Å²) in [6.45, 7) is 3.64. The highest BCUT2D eigenvalue weighted by molar-refractivity contribution is 7.99. The van der Waals surface area contributed by atoms with Crippen LogP contribution in [-0.2, 0) is 14.3 Å². The van der Waals surface area contributed by atoms with Gasteiger partial charge in [-0.25, -0.2) is 4.98 Å². The molecule has 7 heteroatoms. The van der Waals surface area contributed by atoms with Crippen LogP contribution < -0.4 is 5.32 Å². The number of nitrogens with zero attached hydrogens (tertiary/aromatic N) is 1. The molecule has 152 valence electrons. The molecule has 1 amide bonds. The molecule has 2 atom stereocenters. The molecule has 0 aliphatic heterocycles. The lowest BCUT2D eigenvalue weighted by atomic mass is 10.0. The molecule has 2 aromatic carbocycles. The number of rotatable bonds is 9. The molecule has 1 heterocycles. The van der Waals surface area contributed by atoms with Crippen molar-refractivity contribution in [1.82, 2.24) is 10.3 Å². The van der Waals surface area contributed by atoms with Crippen LogP contribution in [0.5, 0.6) is 0 Å². The van der Waals surface area contributed by atoms with Crippen molar-refractivity contribution in [3.63, 3.8) is 0 Å². The van der Waals surface area contributed by atoms with Crippen LogP contribution in [0.2, 0.25) is 0 Å². The van der Waals surface area contributed by atoms with Crippen LogP contribution in [-0.4, -0.2) is 28.7 Å². The van der Waals surface area contributed by atoms with Gasteiger partial charge in [-0.3, -0.25) is 9.59 Å². The first-order valence-electron chi connectivity index (χ1n) is 9.60. The van der Waals surface area contributed by atoms with E-state index in [1.165, 1.54) is 0 Å². The van der Waals surface area contributed by atoms with Crippen LogP contribution >= 0.6 is 11.8 Å². The molecule has 1 aromatic heterocycles. The van der Waals surface area contributed by atoms with E-state index in [1.54, 1.807) is 6.92 Å². The molecule has 6 nitrogen and oxygen atoms in total. The third-order valence-corrected chi connectivity index (χ3v) is 5.16. The minimum absolute atomic E-state index is 0.0154. The minimum Gasteiger partial charge on any atom is -0.452 e. The van der Waals surface area contributed by atoms with Gasteiger partial charge >= 0.3 is 5.97 Å². The van der Waals surface area contributed by atoms with Gasteiger partial charge in [-0.1, -0.05) is 67.6 Å². The number of hydrogen-bond donors (Lipinski definition) is 1. The minimum atomic E-state index is -0.880. The Morgan fingerprint density at radius 1 is 1.14 bits per heavy atom. The summed E-state index contributed by atoms with van der Waals surface area (Å²) in [5, 5.41) is 3.37. The van der Waals surface area contributed by atoms with Crippen molar-refractivity contribution in [1.29, 1.82) is 0 Å². The standard InChI is InChI=1S/C22H24N2O4S/c1-3-9-17(16-10-5-4-6-11-16)23-21(26)15(2)27-20(25)14-29-22-24-18-12-7-8-13-19(18)28-22/h4-8,10-13,15,17H,3,9,14H2,1-2H3,(H,23,26)/t15-,17-/m1/s1. The van der Waals surface area contributed by atoms with Crippen LogP contribution in [0.15, 0.2) is 64.2 Å². The van der Waals surface area contributed by atoms with E-state index in [2.05, 4.69) is 17.2 Å². The summed E-state index contributed by atoms with van der Waals surface area (Å²) in [4.78, 5) is 28.9. The van der Waals surface area contributed by atoms with E-state index in [9.17, 15) is 9.59 Å². The second kappa shape index (κ2) is 10.1. The van der Waals surface area contributed by atoms with Crippen molar-refractivity contribution in [2.75, 3.05) is 5.75 Å². The normalized spacial score (nSPS) is 13.0. The Bertz CT molecular complexity index is 925. The molecule has 0 saturated carbocycles. The van der Waals surface area contributed by atoms with Crippen LogP contribution in [0.1, 0.15) is 38.3 Å². The average Bonchev–Trinajstić information content (AvgIpc) is 3.15. The second-order valence-electron chi connectivity index (χ2n) is 6.63. The van der Waals surface area contributed by atoms with Gasteiger partial charge in [0.05, 0.1) is 6.04 Å². The van der Waals surface area contributed by atoms with Crippen molar-refractivity contribution in [2.24, 2.45) is 0 Å². The van der Waals surface area contributed by atoms with E-state index in [-0.39, 0.29) is 17.7 Å². The summed E-state index contributed by atoms with van der Waals surface area (Å²) >= 11 is 1.14. The molecule has 3 rings (SSSR count). The number of nitrogens with one attached hydrogen (secondary N) is 1. The number of hydrogen-bond acceptors (Lipinski definition) is 6. The van der Waals surface area contributed by atoms with Crippen LogP contribution in [0, 0.1) is 0 Å². The second-order valence-corrected chi connectivity index (χ2v) is 7.56. The summed E-state index contributed by atoms with van der Waals surface area (Å²) in [5.41, 5.74) is 2.44. The van der Waals surface area contributed by atoms with Crippen LogP contribution in [0.3, 0.4) is 0 Å². The van der Waals surface area contributed by atoms with E-state index >= 15 is 0 Å². The van der Waals surface area contributed by atoms with Crippen molar-refractivity contribution < 1.29 is 18.7 Å². The third-order valence-electron chi connectivity index (χ3n) is 4.36. The van der Waals surface area contributed by atoms with Gasteiger partial charge in [0.15, 0.2) is 11.7 Å². The number of amides is 1. The molecule has 0 aliphatic rings. The zero-order valence-corrected chi connectivity index (χ0v) is 17.3. The highest BCUT2D eigenvalue weighted by Gasteiger charge is 2.22. The predicted octanol–water partition coefficient (Wildman–Crippen LogP) is 4.51. The number of para-hydroxylation sites is 2. The van der Waals surface area contributed by atoms with Crippen LogP contribution in [0.4, 0.5) is 0 Å². The summed E-state index contributed by atoms with van der Waals surface area (Å²) < 4.78 is 10.8. The van der Waals surface area contributed by atoms with Gasteiger partial charge in [0.1, 0.15) is 11.3 Å². The molecule has 0 aliphatic carbocycles. The lowest BCUT2D eigenvalue weighted by molar-refractivity contribution is -0.152. The third kappa shape index (κ3) is 5.84. The van der Waals surface area contributed by atoms with Gasteiger partial charge in [0.25, 0.3) is 11.1 Å². The Kier molecular flexibility index (Phi) is 7.30. The molecule has 0 fully saturated rings. The molecule has 0 saturated heterocycles. The number of carbonyl (C=O) groups is 2. The van der Waals surface area contributed by atoms with Gasteiger partial charge in [-0.2, -0.15) is 0 Å². The Morgan fingerprint density at radius 2 is 1.86 bits per heavy atom. The number of aromatic nitrogens is 1. The van der Waals surface area contributed by atoms with Gasteiger partial charge < -0.3 is 14.5 Å². The highest BCUT2D eigenvalue weighted by Crippen LogP contribution is 2.23. The van der Waals surface area contributed by atoms with Crippen molar-refractivity contribution in [3.05, 3.63) is 60.2 Å². The summed E-state index contributed by atoms with van der Waals surface area (Å²) in [5.74, 6) is -0.791. The fourth-order valence-electron chi connectivity index (χ4n) is 2.90. The monoisotopic (exact) mass is 412 g/mol. The maximum Gasteiger partial charge on any atom is 0.317 e. The number of benzene rings is 2. The maximum absolute atomic E-state index is 12.5. The Labute approximate surface area is 174 Å². The van der Waals surface area contributed by atoms with E-state index in [4.69, 9.17) is 9.15 Å². The molecule has 29 heavy (non-hydrogen) atoms. The van der Waals surface area contributed by atoms with Crippen LogP contribution in [0.25, 0.3) is 11.1 Å². The highest BCUT2D eigenvalue weighted by atomic mass is 32.2. The Balaban J connectivity index is 1.50. The fourth-order valence-corrected chi connectivity index (χ4v) is 3.52. The molecule has 0 unspecified atom stereocenters. The smallest absolute Gasteiger partial charge is 0.317 e. The topological polar surface area (TPSA) is 81.4 Å². The maximum atomic E-state index is 12.5. The number of esters is 1. The first kappa shape index (κ1) is 20.9.